The highest BCUT2D eigenvalue weighted by Gasteiger charge is 2.11. The minimum absolute atomic E-state index is 0.0441. The van der Waals surface area contributed by atoms with Gasteiger partial charge in [0.2, 0.25) is 0 Å². The third-order valence-corrected chi connectivity index (χ3v) is 4.29. The number of halogens is 2. The Hall–Kier alpha value is -1.55. The van der Waals surface area contributed by atoms with Gasteiger partial charge in [-0.05, 0) is 59.1 Å². The van der Waals surface area contributed by atoms with E-state index in [4.69, 9.17) is 4.74 Å². The Balaban J connectivity index is 2.24. The zero-order valence-electron chi connectivity index (χ0n) is 11.7. The molecule has 0 aliphatic heterocycles. The Morgan fingerprint density at radius 3 is 2.70 bits per heavy atom. The molecule has 0 aromatic heterocycles. The summed E-state index contributed by atoms with van der Waals surface area (Å²) in [7, 11) is 1.47. The van der Waals surface area contributed by atoms with Crippen molar-refractivity contribution in [2.75, 3.05) is 12.4 Å². The quantitative estimate of drug-likeness (QED) is 0.840. The van der Waals surface area contributed by atoms with Crippen LogP contribution in [0.4, 0.5) is 10.1 Å². The van der Waals surface area contributed by atoms with E-state index in [-0.39, 0.29) is 17.6 Å². The van der Waals surface area contributed by atoms with Crippen LogP contribution in [0.2, 0.25) is 0 Å². The van der Waals surface area contributed by atoms with Crippen LogP contribution in [0.5, 0.6) is 5.75 Å². The summed E-state index contributed by atoms with van der Waals surface area (Å²) in [4.78, 5) is 0. The molecule has 4 heteroatoms. The second-order valence-corrected chi connectivity index (χ2v) is 5.49. The van der Waals surface area contributed by atoms with E-state index >= 15 is 0 Å². The number of aryl methyl sites for hydroxylation is 1. The molecule has 0 spiro atoms. The fourth-order valence-electron chi connectivity index (χ4n) is 2.02. The minimum Gasteiger partial charge on any atom is -0.494 e. The molecule has 1 atom stereocenters. The van der Waals surface area contributed by atoms with Crippen LogP contribution in [0.15, 0.2) is 40.9 Å². The molecule has 0 amide bonds. The number of hydrogen-bond donors (Lipinski definition) is 1. The fourth-order valence-corrected chi connectivity index (χ4v) is 2.40. The molecule has 0 aliphatic rings. The topological polar surface area (TPSA) is 21.3 Å². The summed E-state index contributed by atoms with van der Waals surface area (Å²) in [6.45, 7) is 4.07. The maximum Gasteiger partial charge on any atom is 0.165 e. The summed E-state index contributed by atoms with van der Waals surface area (Å²) in [6, 6.07) is 11.0. The number of anilines is 1. The number of methoxy groups -OCH3 is 1. The van der Waals surface area contributed by atoms with Gasteiger partial charge in [0.15, 0.2) is 11.6 Å². The van der Waals surface area contributed by atoms with Crippen LogP contribution < -0.4 is 10.1 Å². The number of ether oxygens (including phenoxy) is 1. The summed E-state index contributed by atoms with van der Waals surface area (Å²) in [5.41, 5.74) is 3.15. The highest BCUT2D eigenvalue weighted by molar-refractivity contribution is 9.10. The van der Waals surface area contributed by atoms with Crippen LogP contribution >= 0.6 is 15.9 Å². The Morgan fingerprint density at radius 2 is 2.00 bits per heavy atom. The summed E-state index contributed by atoms with van der Waals surface area (Å²) in [5, 5.41) is 3.41. The molecule has 2 nitrogen and oxygen atoms in total. The van der Waals surface area contributed by atoms with E-state index in [1.165, 1.54) is 18.7 Å². The third kappa shape index (κ3) is 3.12. The van der Waals surface area contributed by atoms with E-state index in [0.29, 0.717) is 0 Å². The first-order chi connectivity index (χ1) is 9.52. The smallest absolute Gasteiger partial charge is 0.165 e. The average Bonchev–Trinajstić information content (AvgIpc) is 2.44. The van der Waals surface area contributed by atoms with Gasteiger partial charge in [-0.2, -0.15) is 0 Å². The van der Waals surface area contributed by atoms with Crippen molar-refractivity contribution in [3.05, 3.63) is 57.8 Å². The lowest BCUT2D eigenvalue weighted by Crippen LogP contribution is -2.08. The lowest BCUT2D eigenvalue weighted by molar-refractivity contribution is 0.385. The molecule has 20 heavy (non-hydrogen) atoms. The first kappa shape index (κ1) is 14.9. The lowest BCUT2D eigenvalue weighted by atomic mass is 10.1. The van der Waals surface area contributed by atoms with Crippen molar-refractivity contribution in [3.63, 3.8) is 0 Å². The van der Waals surface area contributed by atoms with Gasteiger partial charge in [-0.15, -0.1) is 0 Å². The zero-order valence-corrected chi connectivity index (χ0v) is 13.3. The molecule has 0 aliphatic carbocycles. The van der Waals surface area contributed by atoms with Crippen LogP contribution in [-0.2, 0) is 0 Å². The molecule has 2 aromatic carbocycles. The van der Waals surface area contributed by atoms with Crippen molar-refractivity contribution in [1.82, 2.24) is 0 Å². The van der Waals surface area contributed by atoms with E-state index in [0.717, 1.165) is 15.7 Å². The molecule has 0 saturated heterocycles. The highest BCUT2D eigenvalue weighted by atomic mass is 79.9. The van der Waals surface area contributed by atoms with Gasteiger partial charge < -0.3 is 10.1 Å². The molecule has 0 heterocycles. The number of benzene rings is 2. The van der Waals surface area contributed by atoms with E-state index in [9.17, 15) is 4.39 Å². The van der Waals surface area contributed by atoms with Gasteiger partial charge in [-0.25, -0.2) is 4.39 Å². The highest BCUT2D eigenvalue weighted by Crippen LogP contribution is 2.30. The monoisotopic (exact) mass is 337 g/mol. The summed E-state index contributed by atoms with van der Waals surface area (Å²) in [6.07, 6.45) is 0. The molecule has 1 N–H and O–H groups in total. The lowest BCUT2D eigenvalue weighted by Gasteiger charge is -2.18. The van der Waals surface area contributed by atoms with Gasteiger partial charge in [-0.3, -0.25) is 0 Å². The SMILES string of the molecule is COc1cc(C(C)Nc2cccc(C)c2Br)ccc1F. The minimum atomic E-state index is -0.347. The first-order valence-electron chi connectivity index (χ1n) is 6.38. The van der Waals surface area contributed by atoms with Gasteiger partial charge >= 0.3 is 0 Å². The molecule has 2 rings (SSSR count). The van der Waals surface area contributed by atoms with Gasteiger partial charge in [0, 0.05) is 16.2 Å². The molecule has 0 fully saturated rings. The van der Waals surface area contributed by atoms with Crippen LogP contribution in [-0.4, -0.2) is 7.11 Å². The Labute approximate surface area is 127 Å². The number of hydrogen-bond acceptors (Lipinski definition) is 2. The first-order valence-corrected chi connectivity index (χ1v) is 7.17. The fraction of sp³-hybridized carbons (Fsp3) is 0.250. The predicted molar refractivity (Wildman–Crippen MR) is 83.9 cm³/mol. The number of nitrogens with one attached hydrogen (secondary N) is 1. The van der Waals surface area contributed by atoms with Crippen LogP contribution in [0.25, 0.3) is 0 Å². The van der Waals surface area contributed by atoms with E-state index in [2.05, 4.69) is 21.2 Å². The average molecular weight is 338 g/mol. The van der Waals surface area contributed by atoms with Crippen molar-refractivity contribution >= 4 is 21.6 Å². The van der Waals surface area contributed by atoms with Gasteiger partial charge in [0.1, 0.15) is 0 Å². The Bertz CT molecular complexity index is 615. The molecule has 0 saturated carbocycles. The Morgan fingerprint density at radius 1 is 1.25 bits per heavy atom. The van der Waals surface area contributed by atoms with E-state index < -0.39 is 0 Å². The van der Waals surface area contributed by atoms with Crippen LogP contribution in [0.1, 0.15) is 24.1 Å². The molecule has 106 valence electrons. The van der Waals surface area contributed by atoms with E-state index in [1.807, 2.05) is 32.0 Å². The van der Waals surface area contributed by atoms with E-state index in [1.54, 1.807) is 12.1 Å². The summed E-state index contributed by atoms with van der Waals surface area (Å²) >= 11 is 3.57. The van der Waals surface area contributed by atoms with Crippen LogP contribution in [0.3, 0.4) is 0 Å². The molecule has 0 radical (unpaired) electrons. The zero-order chi connectivity index (χ0) is 14.7. The summed E-state index contributed by atoms with van der Waals surface area (Å²) < 4.78 is 19.5. The van der Waals surface area contributed by atoms with Gasteiger partial charge in [0.25, 0.3) is 0 Å². The molecular weight excluding hydrogens is 321 g/mol. The standard InChI is InChI=1S/C16H17BrFNO/c1-10-5-4-6-14(16(10)17)19-11(2)12-7-8-13(18)15(9-12)20-3/h4-9,11,19H,1-3H3. The van der Waals surface area contributed by atoms with Crippen molar-refractivity contribution in [2.24, 2.45) is 0 Å². The Kier molecular flexibility index (Phi) is 4.65. The van der Waals surface area contributed by atoms with Crippen LogP contribution in [0, 0.1) is 12.7 Å². The van der Waals surface area contributed by atoms with Crippen molar-refractivity contribution in [3.8, 4) is 5.75 Å². The van der Waals surface area contributed by atoms with Gasteiger partial charge in [-0.1, -0.05) is 18.2 Å². The second-order valence-electron chi connectivity index (χ2n) is 4.70. The van der Waals surface area contributed by atoms with Gasteiger partial charge in [0.05, 0.1) is 7.11 Å². The van der Waals surface area contributed by atoms with Crippen molar-refractivity contribution in [1.29, 1.82) is 0 Å². The molecular formula is C16H17BrFNO. The largest absolute Gasteiger partial charge is 0.494 e. The van der Waals surface area contributed by atoms with Crippen molar-refractivity contribution < 1.29 is 9.13 Å². The molecule has 1 unspecified atom stereocenters. The maximum atomic E-state index is 13.4. The van der Waals surface area contributed by atoms with Crippen molar-refractivity contribution in [2.45, 2.75) is 19.9 Å². The molecule has 2 aromatic rings. The number of rotatable bonds is 4. The normalized spacial score (nSPS) is 12.1. The third-order valence-electron chi connectivity index (χ3n) is 3.24. The molecule has 0 bridgehead atoms. The second kappa shape index (κ2) is 6.27. The maximum absolute atomic E-state index is 13.4. The summed E-state index contributed by atoms with van der Waals surface area (Å²) in [5.74, 6) is -0.0837. The predicted octanol–water partition coefficient (Wildman–Crippen LogP) is 5.08.